The normalized spacial score (nSPS) is 22.3. The predicted molar refractivity (Wildman–Crippen MR) is 107 cm³/mol. The lowest BCUT2D eigenvalue weighted by Gasteiger charge is -2.32. The van der Waals surface area contributed by atoms with Crippen LogP contribution in [0.1, 0.15) is 33.4 Å². The Labute approximate surface area is 166 Å². The van der Waals surface area contributed by atoms with Crippen molar-refractivity contribution in [3.8, 4) is 0 Å². The molecule has 28 heavy (non-hydrogen) atoms. The summed E-state index contributed by atoms with van der Waals surface area (Å²) >= 11 is 0. The van der Waals surface area contributed by atoms with Crippen LogP contribution in [0.3, 0.4) is 0 Å². The fraction of sp³-hybridized carbons (Fsp3) is 0.650. The van der Waals surface area contributed by atoms with E-state index in [4.69, 9.17) is 14.0 Å². The van der Waals surface area contributed by atoms with Crippen LogP contribution in [-0.4, -0.2) is 65.8 Å². The molecule has 0 spiro atoms. The van der Waals surface area contributed by atoms with E-state index in [1.807, 2.05) is 45.5 Å². The molecule has 0 bridgehead atoms. The van der Waals surface area contributed by atoms with E-state index >= 15 is 4.39 Å². The standard InChI is InChI=1S/C20H29BFN3O3/c1-19(2)20(3,4)28-21(27-19)15-13-18-14(12-16(15)22)17(23-24(18)5)6-7-25-8-10-26-11-9-25/h12-13H,6-11H2,1-5H3. The average Bonchev–Trinajstić information content (AvgIpc) is 3.05. The second-order valence-corrected chi connectivity index (χ2v) is 8.75. The molecule has 0 saturated carbocycles. The minimum atomic E-state index is -0.721. The zero-order valence-electron chi connectivity index (χ0n) is 17.4. The molecule has 2 fully saturated rings. The number of benzene rings is 1. The van der Waals surface area contributed by atoms with Crippen LogP contribution >= 0.6 is 0 Å². The van der Waals surface area contributed by atoms with Crippen molar-refractivity contribution in [1.82, 2.24) is 14.7 Å². The van der Waals surface area contributed by atoms with E-state index in [-0.39, 0.29) is 5.82 Å². The molecule has 0 aliphatic carbocycles. The van der Waals surface area contributed by atoms with Crippen molar-refractivity contribution in [2.75, 3.05) is 32.8 Å². The Bertz CT molecular complexity index is 861. The number of aryl methyl sites for hydroxylation is 1. The van der Waals surface area contributed by atoms with E-state index in [2.05, 4.69) is 10.00 Å². The van der Waals surface area contributed by atoms with Gasteiger partial charge in [-0.2, -0.15) is 5.10 Å². The Balaban J connectivity index is 1.60. The molecule has 2 saturated heterocycles. The summed E-state index contributed by atoms with van der Waals surface area (Å²) < 4.78 is 34.3. The summed E-state index contributed by atoms with van der Waals surface area (Å²) in [6.45, 7) is 12.2. The number of hydrogen-bond acceptors (Lipinski definition) is 5. The molecule has 8 heteroatoms. The molecular formula is C20H29BFN3O3. The third-order valence-corrected chi connectivity index (χ3v) is 6.32. The van der Waals surface area contributed by atoms with E-state index in [9.17, 15) is 0 Å². The van der Waals surface area contributed by atoms with Gasteiger partial charge in [0.25, 0.3) is 0 Å². The van der Waals surface area contributed by atoms with Crippen LogP contribution in [0.25, 0.3) is 10.9 Å². The molecule has 0 radical (unpaired) electrons. The number of morpholine rings is 1. The fourth-order valence-corrected chi connectivity index (χ4v) is 3.79. The number of hydrogen-bond donors (Lipinski definition) is 0. The molecule has 0 amide bonds. The van der Waals surface area contributed by atoms with Crippen molar-refractivity contribution in [2.24, 2.45) is 7.05 Å². The van der Waals surface area contributed by atoms with E-state index in [0.29, 0.717) is 5.46 Å². The van der Waals surface area contributed by atoms with Crippen LogP contribution in [0, 0.1) is 5.82 Å². The first-order valence-corrected chi connectivity index (χ1v) is 9.99. The third kappa shape index (κ3) is 3.47. The Morgan fingerprint density at radius 1 is 1.11 bits per heavy atom. The van der Waals surface area contributed by atoms with E-state index < -0.39 is 18.3 Å². The van der Waals surface area contributed by atoms with Gasteiger partial charge >= 0.3 is 7.12 Å². The number of ether oxygens (including phenoxy) is 1. The molecule has 1 aromatic carbocycles. The van der Waals surface area contributed by atoms with E-state index in [1.54, 1.807) is 6.07 Å². The monoisotopic (exact) mass is 389 g/mol. The molecule has 152 valence electrons. The first-order chi connectivity index (χ1) is 13.2. The van der Waals surface area contributed by atoms with Gasteiger partial charge in [0.2, 0.25) is 0 Å². The maximum Gasteiger partial charge on any atom is 0.497 e. The summed E-state index contributed by atoms with van der Waals surface area (Å²) in [5.41, 5.74) is 1.23. The summed E-state index contributed by atoms with van der Waals surface area (Å²) in [5.74, 6) is -0.313. The maximum atomic E-state index is 15.0. The zero-order valence-corrected chi connectivity index (χ0v) is 17.4. The van der Waals surface area contributed by atoms with Gasteiger partial charge in [-0.15, -0.1) is 0 Å². The highest BCUT2D eigenvalue weighted by molar-refractivity contribution is 6.62. The first-order valence-electron chi connectivity index (χ1n) is 9.99. The lowest BCUT2D eigenvalue weighted by molar-refractivity contribution is 0.00578. The fourth-order valence-electron chi connectivity index (χ4n) is 3.79. The van der Waals surface area contributed by atoms with Crippen LogP contribution in [0.4, 0.5) is 4.39 Å². The Kier molecular flexibility index (Phi) is 5.02. The number of halogens is 1. The zero-order chi connectivity index (χ0) is 20.1. The highest BCUT2D eigenvalue weighted by Crippen LogP contribution is 2.37. The number of fused-ring (bicyclic) bond motifs is 1. The summed E-state index contributed by atoms with van der Waals surface area (Å²) in [6.07, 6.45) is 0.784. The summed E-state index contributed by atoms with van der Waals surface area (Å²) in [7, 11) is 1.17. The van der Waals surface area contributed by atoms with Gasteiger partial charge in [-0.25, -0.2) is 4.39 Å². The number of nitrogens with zero attached hydrogens (tertiary/aromatic N) is 3. The molecule has 2 aromatic rings. The lowest BCUT2D eigenvalue weighted by atomic mass is 9.78. The second kappa shape index (κ2) is 7.09. The van der Waals surface area contributed by atoms with Gasteiger partial charge in [-0.05, 0) is 39.8 Å². The van der Waals surface area contributed by atoms with Crippen molar-refractivity contribution < 1.29 is 18.4 Å². The van der Waals surface area contributed by atoms with Crippen molar-refractivity contribution >= 4 is 23.5 Å². The van der Waals surface area contributed by atoms with Gasteiger partial charge in [-0.1, -0.05) is 0 Å². The molecule has 3 heterocycles. The largest absolute Gasteiger partial charge is 0.497 e. The van der Waals surface area contributed by atoms with Gasteiger partial charge in [0.15, 0.2) is 0 Å². The highest BCUT2D eigenvalue weighted by Gasteiger charge is 2.52. The minimum absolute atomic E-state index is 0.313. The summed E-state index contributed by atoms with van der Waals surface area (Å²) in [4.78, 5) is 2.36. The quantitative estimate of drug-likeness (QED) is 0.748. The summed E-state index contributed by atoms with van der Waals surface area (Å²) in [5, 5.41) is 5.51. The van der Waals surface area contributed by atoms with Crippen molar-refractivity contribution in [1.29, 1.82) is 0 Å². The van der Waals surface area contributed by atoms with Gasteiger partial charge in [-0.3, -0.25) is 9.58 Å². The van der Waals surface area contributed by atoms with E-state index in [1.165, 1.54) is 0 Å². The minimum Gasteiger partial charge on any atom is -0.399 e. The molecule has 6 nitrogen and oxygen atoms in total. The molecule has 2 aliphatic heterocycles. The first kappa shape index (κ1) is 19.8. The Morgan fingerprint density at radius 3 is 2.39 bits per heavy atom. The number of aromatic nitrogens is 2. The van der Waals surface area contributed by atoms with Crippen molar-refractivity contribution in [3.05, 3.63) is 23.6 Å². The molecule has 0 atom stereocenters. The van der Waals surface area contributed by atoms with Gasteiger partial charge in [0.1, 0.15) is 5.82 Å². The number of rotatable bonds is 4. The van der Waals surface area contributed by atoms with Crippen LogP contribution < -0.4 is 5.46 Å². The molecule has 0 N–H and O–H groups in total. The SMILES string of the molecule is Cn1nc(CCN2CCOCC2)c2cc(F)c(B3OC(C)(C)C(C)(C)O3)cc21. The van der Waals surface area contributed by atoms with E-state index in [0.717, 1.165) is 55.9 Å². The predicted octanol–water partition coefficient (Wildman–Crippen LogP) is 1.89. The lowest BCUT2D eigenvalue weighted by Crippen LogP contribution is -2.41. The molecular weight excluding hydrogens is 360 g/mol. The van der Waals surface area contributed by atoms with Gasteiger partial charge < -0.3 is 14.0 Å². The Hall–Kier alpha value is -1.48. The van der Waals surface area contributed by atoms with Gasteiger partial charge in [0, 0.05) is 44.0 Å². The van der Waals surface area contributed by atoms with Crippen LogP contribution in [0.15, 0.2) is 12.1 Å². The van der Waals surface area contributed by atoms with Crippen LogP contribution in [-0.2, 0) is 27.5 Å². The average molecular weight is 389 g/mol. The molecule has 4 rings (SSSR count). The van der Waals surface area contributed by atoms with Crippen LogP contribution in [0.2, 0.25) is 0 Å². The molecule has 2 aliphatic rings. The van der Waals surface area contributed by atoms with Gasteiger partial charge in [0.05, 0.1) is 35.6 Å². The smallest absolute Gasteiger partial charge is 0.399 e. The third-order valence-electron chi connectivity index (χ3n) is 6.32. The van der Waals surface area contributed by atoms with Crippen LogP contribution in [0.5, 0.6) is 0 Å². The second-order valence-electron chi connectivity index (χ2n) is 8.75. The topological polar surface area (TPSA) is 48.8 Å². The van der Waals surface area contributed by atoms with Crippen molar-refractivity contribution in [3.63, 3.8) is 0 Å². The summed E-state index contributed by atoms with van der Waals surface area (Å²) in [6, 6.07) is 3.40. The molecule has 0 unspecified atom stereocenters. The Morgan fingerprint density at radius 2 is 1.75 bits per heavy atom. The van der Waals surface area contributed by atoms with Crippen molar-refractivity contribution in [2.45, 2.75) is 45.3 Å². The highest BCUT2D eigenvalue weighted by atomic mass is 19.1. The maximum absolute atomic E-state index is 15.0. The molecule has 1 aromatic heterocycles.